The molecule has 0 spiro atoms. The van der Waals surface area contributed by atoms with Crippen LogP contribution in [0.4, 0.5) is 10.3 Å². The van der Waals surface area contributed by atoms with E-state index in [1.807, 2.05) is 0 Å². The number of hydrogen-bond donors (Lipinski definition) is 1. The first-order valence-corrected chi connectivity index (χ1v) is 6.73. The second-order valence-corrected chi connectivity index (χ2v) is 4.81. The predicted molar refractivity (Wildman–Crippen MR) is 77.9 cm³/mol. The molecule has 6 heteroatoms. The van der Waals surface area contributed by atoms with Crippen molar-refractivity contribution in [2.75, 3.05) is 12.5 Å². The Kier molecular flexibility index (Phi) is 3.77. The molecule has 0 saturated heterocycles. The minimum atomic E-state index is -0.252. The van der Waals surface area contributed by atoms with Crippen LogP contribution in [0.1, 0.15) is 18.4 Å². The highest BCUT2D eigenvalue weighted by Crippen LogP contribution is 2.33. The fourth-order valence-electron chi connectivity index (χ4n) is 1.99. The van der Waals surface area contributed by atoms with Gasteiger partial charge in [0.05, 0.1) is 12.8 Å². The number of nitrogens with one attached hydrogen (secondary N) is 1. The second kappa shape index (κ2) is 5.87. The highest BCUT2D eigenvalue weighted by Gasteiger charge is 2.28. The Hall–Kier alpha value is -2.50. The van der Waals surface area contributed by atoms with Gasteiger partial charge in [0.1, 0.15) is 5.82 Å². The van der Waals surface area contributed by atoms with E-state index in [1.165, 1.54) is 12.1 Å². The summed E-state index contributed by atoms with van der Waals surface area (Å²) in [5.41, 5.74) is 4.66. The molecule has 2 aromatic rings. The third kappa shape index (κ3) is 3.34. The summed E-state index contributed by atoms with van der Waals surface area (Å²) < 4.78 is 18.0. The number of hydrazone groups is 1. The molecule has 3 rings (SSSR count). The topological polar surface area (TPSA) is 59.4 Å². The van der Waals surface area contributed by atoms with E-state index in [-0.39, 0.29) is 5.82 Å². The summed E-state index contributed by atoms with van der Waals surface area (Å²) in [6.45, 7) is 0. The predicted octanol–water partition coefficient (Wildman–Crippen LogP) is 2.85. The lowest BCUT2D eigenvalue weighted by molar-refractivity contribution is 0.397. The summed E-state index contributed by atoms with van der Waals surface area (Å²) in [5, 5.41) is 4.39. The fraction of sp³-hybridized carbons (Fsp3) is 0.267. The number of methoxy groups -OCH3 is 1. The van der Waals surface area contributed by atoms with E-state index in [1.54, 1.807) is 31.5 Å². The van der Waals surface area contributed by atoms with Crippen molar-refractivity contribution in [3.8, 4) is 5.88 Å². The average Bonchev–Trinajstić information content (AvgIpc) is 3.34. The molecule has 0 unspecified atom stereocenters. The molecule has 1 fully saturated rings. The SMILES string of the molecule is COc1ccnc(NN=C(c2ccc(F)cc2)C2CC2)n1. The molecular weight excluding hydrogens is 271 g/mol. The summed E-state index contributed by atoms with van der Waals surface area (Å²) in [7, 11) is 1.55. The van der Waals surface area contributed by atoms with Crippen molar-refractivity contribution in [2.24, 2.45) is 11.0 Å². The maximum absolute atomic E-state index is 13.0. The molecule has 1 heterocycles. The van der Waals surface area contributed by atoms with Crippen LogP contribution in [-0.4, -0.2) is 22.8 Å². The van der Waals surface area contributed by atoms with Gasteiger partial charge in [0.2, 0.25) is 11.8 Å². The molecule has 0 radical (unpaired) electrons. The zero-order valence-corrected chi connectivity index (χ0v) is 11.6. The molecule has 1 aromatic carbocycles. The highest BCUT2D eigenvalue weighted by atomic mass is 19.1. The van der Waals surface area contributed by atoms with Crippen LogP contribution in [0, 0.1) is 11.7 Å². The molecule has 0 aliphatic heterocycles. The first kappa shape index (κ1) is 13.5. The van der Waals surface area contributed by atoms with Gasteiger partial charge in [0.15, 0.2) is 0 Å². The van der Waals surface area contributed by atoms with Crippen molar-refractivity contribution >= 4 is 11.7 Å². The number of ether oxygens (including phenoxy) is 1. The third-order valence-corrected chi connectivity index (χ3v) is 3.22. The number of anilines is 1. The van der Waals surface area contributed by atoms with Crippen LogP contribution in [-0.2, 0) is 0 Å². The zero-order chi connectivity index (χ0) is 14.7. The zero-order valence-electron chi connectivity index (χ0n) is 11.6. The monoisotopic (exact) mass is 286 g/mol. The lowest BCUT2D eigenvalue weighted by Gasteiger charge is -2.06. The van der Waals surface area contributed by atoms with Crippen molar-refractivity contribution in [1.82, 2.24) is 9.97 Å². The quantitative estimate of drug-likeness (QED) is 0.678. The molecule has 0 amide bonds. The van der Waals surface area contributed by atoms with E-state index >= 15 is 0 Å². The number of halogens is 1. The van der Waals surface area contributed by atoms with Crippen molar-refractivity contribution in [3.63, 3.8) is 0 Å². The molecule has 0 atom stereocenters. The summed E-state index contributed by atoms with van der Waals surface area (Å²) in [5.74, 6) is 0.999. The molecule has 0 bridgehead atoms. The largest absolute Gasteiger partial charge is 0.481 e. The second-order valence-electron chi connectivity index (χ2n) is 4.81. The summed E-state index contributed by atoms with van der Waals surface area (Å²) in [4.78, 5) is 8.22. The normalized spacial score (nSPS) is 14.9. The van der Waals surface area contributed by atoms with Crippen LogP contribution in [0.25, 0.3) is 0 Å². The number of benzene rings is 1. The van der Waals surface area contributed by atoms with E-state index in [2.05, 4.69) is 20.5 Å². The molecule has 1 saturated carbocycles. The maximum atomic E-state index is 13.0. The van der Waals surface area contributed by atoms with Gasteiger partial charge < -0.3 is 4.74 Å². The fourth-order valence-corrected chi connectivity index (χ4v) is 1.99. The minimum Gasteiger partial charge on any atom is -0.481 e. The Morgan fingerprint density at radius 1 is 1.29 bits per heavy atom. The lowest BCUT2D eigenvalue weighted by atomic mass is 10.1. The third-order valence-electron chi connectivity index (χ3n) is 3.22. The molecule has 1 N–H and O–H groups in total. The molecule has 1 aliphatic rings. The smallest absolute Gasteiger partial charge is 0.246 e. The van der Waals surface area contributed by atoms with Gasteiger partial charge in [0, 0.05) is 18.2 Å². The molecular formula is C15H15FN4O. The van der Waals surface area contributed by atoms with Crippen molar-refractivity contribution < 1.29 is 9.13 Å². The Morgan fingerprint density at radius 3 is 2.71 bits per heavy atom. The van der Waals surface area contributed by atoms with Gasteiger partial charge in [-0.15, -0.1) is 0 Å². The molecule has 1 aromatic heterocycles. The van der Waals surface area contributed by atoms with Crippen molar-refractivity contribution in [3.05, 3.63) is 47.9 Å². The van der Waals surface area contributed by atoms with Gasteiger partial charge in [0.25, 0.3) is 0 Å². The number of rotatable bonds is 5. The van der Waals surface area contributed by atoms with Gasteiger partial charge in [-0.1, -0.05) is 12.1 Å². The van der Waals surface area contributed by atoms with Gasteiger partial charge in [-0.05, 0) is 30.5 Å². The maximum Gasteiger partial charge on any atom is 0.246 e. The standard InChI is InChI=1S/C15H15FN4O/c1-21-13-8-9-17-15(18-13)20-19-14(10-2-3-10)11-4-6-12(16)7-5-11/h4-10H,2-3H2,1H3,(H,17,18,20). The van der Waals surface area contributed by atoms with Crippen molar-refractivity contribution in [2.45, 2.75) is 12.8 Å². The lowest BCUT2D eigenvalue weighted by Crippen LogP contribution is -2.08. The molecule has 5 nitrogen and oxygen atoms in total. The van der Waals surface area contributed by atoms with Gasteiger partial charge >= 0.3 is 0 Å². The first-order chi connectivity index (χ1) is 10.3. The van der Waals surface area contributed by atoms with Crippen LogP contribution in [0.3, 0.4) is 0 Å². The minimum absolute atomic E-state index is 0.252. The summed E-state index contributed by atoms with van der Waals surface area (Å²) in [6, 6.07) is 8.02. The number of nitrogens with zero attached hydrogens (tertiary/aromatic N) is 3. The summed E-state index contributed by atoms with van der Waals surface area (Å²) in [6.07, 6.45) is 3.78. The number of aromatic nitrogens is 2. The van der Waals surface area contributed by atoms with Gasteiger partial charge in [-0.3, -0.25) is 0 Å². The first-order valence-electron chi connectivity index (χ1n) is 6.73. The number of hydrogen-bond acceptors (Lipinski definition) is 5. The Balaban J connectivity index is 1.82. The molecule has 1 aliphatic carbocycles. The van der Waals surface area contributed by atoms with Gasteiger partial charge in [-0.2, -0.15) is 10.1 Å². The van der Waals surface area contributed by atoms with E-state index in [0.717, 1.165) is 24.1 Å². The Bertz CT molecular complexity index is 653. The van der Waals surface area contributed by atoms with Crippen LogP contribution < -0.4 is 10.2 Å². The van der Waals surface area contributed by atoms with E-state index in [9.17, 15) is 4.39 Å². The van der Waals surface area contributed by atoms with E-state index in [0.29, 0.717) is 17.7 Å². The average molecular weight is 286 g/mol. The van der Waals surface area contributed by atoms with Crippen molar-refractivity contribution in [1.29, 1.82) is 0 Å². The van der Waals surface area contributed by atoms with Crippen LogP contribution in [0.2, 0.25) is 0 Å². The van der Waals surface area contributed by atoms with E-state index in [4.69, 9.17) is 4.74 Å². The van der Waals surface area contributed by atoms with Gasteiger partial charge in [-0.25, -0.2) is 14.8 Å². The summed E-state index contributed by atoms with van der Waals surface area (Å²) >= 11 is 0. The molecule has 108 valence electrons. The molecule has 21 heavy (non-hydrogen) atoms. The van der Waals surface area contributed by atoms with Crippen LogP contribution in [0.5, 0.6) is 5.88 Å². The van der Waals surface area contributed by atoms with Crippen LogP contribution in [0.15, 0.2) is 41.6 Å². The Morgan fingerprint density at radius 2 is 2.05 bits per heavy atom. The Labute approximate surface area is 121 Å². The van der Waals surface area contributed by atoms with E-state index < -0.39 is 0 Å². The highest BCUT2D eigenvalue weighted by molar-refractivity contribution is 6.03. The van der Waals surface area contributed by atoms with Crippen LogP contribution >= 0.6 is 0 Å².